The van der Waals surface area contributed by atoms with E-state index in [-0.39, 0.29) is 5.24 Å². The van der Waals surface area contributed by atoms with Gasteiger partial charge in [-0.3, -0.25) is 4.79 Å². The summed E-state index contributed by atoms with van der Waals surface area (Å²) in [5, 5.41) is -0.310. The molecular weight excluding hydrogens is 106 g/mol. The van der Waals surface area contributed by atoms with Gasteiger partial charge in [-0.25, -0.2) is 0 Å². The van der Waals surface area contributed by atoms with Gasteiger partial charge in [-0.05, 0) is 11.6 Å². The molecule has 1 unspecified atom stereocenters. The van der Waals surface area contributed by atoms with Crippen molar-refractivity contribution in [2.75, 3.05) is 6.16 Å². The van der Waals surface area contributed by atoms with E-state index in [1.807, 2.05) is 0 Å². The molecule has 0 saturated heterocycles. The van der Waals surface area contributed by atoms with Crippen molar-refractivity contribution in [1.29, 1.82) is 0 Å². The topological polar surface area (TPSA) is 17.1 Å². The SMILES string of the molecule is O=C(Cl)CP. The van der Waals surface area contributed by atoms with E-state index in [4.69, 9.17) is 11.6 Å². The van der Waals surface area contributed by atoms with E-state index >= 15 is 0 Å². The highest BCUT2D eigenvalue weighted by Gasteiger charge is 1.81. The van der Waals surface area contributed by atoms with Crippen LogP contribution in [0.4, 0.5) is 0 Å². The first-order chi connectivity index (χ1) is 2.27. The average Bonchev–Trinajstić information content (AvgIpc) is 1.38. The molecule has 0 N–H and O–H groups in total. The first-order valence-electron chi connectivity index (χ1n) is 1.15. The Balaban J connectivity index is 2.85. The van der Waals surface area contributed by atoms with Crippen molar-refractivity contribution >= 4 is 26.1 Å². The van der Waals surface area contributed by atoms with Gasteiger partial charge in [-0.1, -0.05) is 0 Å². The Kier molecular flexibility index (Phi) is 2.82. The number of carbonyl (C=O) groups is 1. The molecule has 0 aromatic carbocycles. The van der Waals surface area contributed by atoms with Crippen LogP contribution in [-0.2, 0) is 4.79 Å². The van der Waals surface area contributed by atoms with Gasteiger partial charge in [0.15, 0.2) is 0 Å². The zero-order valence-corrected chi connectivity index (χ0v) is 4.48. The van der Waals surface area contributed by atoms with Crippen LogP contribution < -0.4 is 0 Å². The molecule has 1 atom stereocenters. The minimum absolute atomic E-state index is 0.310. The molecule has 3 heteroatoms. The summed E-state index contributed by atoms with van der Waals surface area (Å²) in [6.07, 6.45) is 0.349. The summed E-state index contributed by atoms with van der Waals surface area (Å²) in [4.78, 5) is 9.56. The van der Waals surface area contributed by atoms with Crippen LogP contribution in [0.15, 0.2) is 0 Å². The Labute approximate surface area is 37.9 Å². The molecule has 0 radical (unpaired) electrons. The number of carbonyl (C=O) groups excluding carboxylic acids is 1. The largest absolute Gasteiger partial charge is 0.281 e. The molecule has 0 rings (SSSR count). The van der Waals surface area contributed by atoms with E-state index in [2.05, 4.69) is 9.24 Å². The first-order valence-corrected chi connectivity index (χ1v) is 2.35. The fourth-order valence-electron chi connectivity index (χ4n) is 0. The third-order valence-electron chi connectivity index (χ3n) is 0.160. The van der Waals surface area contributed by atoms with Gasteiger partial charge < -0.3 is 0 Å². The molecule has 0 heterocycles. The minimum Gasteiger partial charge on any atom is -0.281 e. The van der Waals surface area contributed by atoms with Crippen LogP contribution in [-0.4, -0.2) is 11.4 Å². The third kappa shape index (κ3) is 4.39. The summed E-state index contributed by atoms with van der Waals surface area (Å²) in [5.74, 6) is 0. The molecule has 5 heavy (non-hydrogen) atoms. The lowest BCUT2D eigenvalue weighted by atomic mass is 10.9. The van der Waals surface area contributed by atoms with Crippen molar-refractivity contribution in [2.24, 2.45) is 0 Å². The highest BCUT2D eigenvalue weighted by atomic mass is 35.5. The molecule has 0 aromatic rings. The Hall–Kier alpha value is 0.390. The highest BCUT2D eigenvalue weighted by molar-refractivity contribution is 7.19. The molecule has 0 aliphatic rings. The second-order valence-corrected chi connectivity index (χ2v) is 1.39. The Morgan fingerprint density at radius 2 is 2.20 bits per heavy atom. The van der Waals surface area contributed by atoms with E-state index in [9.17, 15) is 4.79 Å². The minimum atomic E-state index is -0.310. The van der Waals surface area contributed by atoms with Gasteiger partial charge in [0.05, 0.1) is 0 Å². The van der Waals surface area contributed by atoms with Gasteiger partial charge in [-0.15, -0.1) is 9.24 Å². The van der Waals surface area contributed by atoms with Gasteiger partial charge in [-0.2, -0.15) is 0 Å². The third-order valence-corrected chi connectivity index (χ3v) is 0.944. The van der Waals surface area contributed by atoms with E-state index in [0.717, 1.165) is 0 Å². The van der Waals surface area contributed by atoms with E-state index < -0.39 is 0 Å². The first kappa shape index (κ1) is 5.39. The van der Waals surface area contributed by atoms with Crippen molar-refractivity contribution in [3.8, 4) is 0 Å². The molecule has 30 valence electrons. The fourth-order valence-corrected chi connectivity index (χ4v) is 0. The predicted octanol–water partition coefficient (Wildman–Crippen LogP) is 0.627. The zero-order valence-electron chi connectivity index (χ0n) is 2.57. The molecule has 0 aromatic heterocycles. The molecule has 1 nitrogen and oxygen atoms in total. The van der Waals surface area contributed by atoms with Crippen LogP contribution in [0.1, 0.15) is 0 Å². The number of hydrogen-bond donors (Lipinski definition) is 0. The lowest BCUT2D eigenvalue weighted by Gasteiger charge is -1.68. The smallest absolute Gasteiger partial charge is 0.225 e. The summed E-state index contributed by atoms with van der Waals surface area (Å²) in [6.45, 7) is 0. The monoisotopic (exact) mass is 110 g/mol. The molecule has 0 fully saturated rings. The van der Waals surface area contributed by atoms with Crippen LogP contribution >= 0.6 is 20.8 Å². The van der Waals surface area contributed by atoms with Crippen LogP contribution in [0, 0.1) is 0 Å². The highest BCUT2D eigenvalue weighted by Crippen LogP contribution is 1.84. The van der Waals surface area contributed by atoms with Gasteiger partial charge in [0.1, 0.15) is 0 Å². The molecular formula is C2H4ClOP. The summed E-state index contributed by atoms with van der Waals surface area (Å²) < 4.78 is 0. The summed E-state index contributed by atoms with van der Waals surface area (Å²) in [5.41, 5.74) is 0. The maximum absolute atomic E-state index is 9.56. The fraction of sp³-hybridized carbons (Fsp3) is 0.500. The van der Waals surface area contributed by atoms with E-state index in [1.165, 1.54) is 0 Å². The lowest BCUT2D eigenvalue weighted by Crippen LogP contribution is -1.80. The van der Waals surface area contributed by atoms with Crippen molar-refractivity contribution in [3.05, 3.63) is 0 Å². The molecule has 0 amide bonds. The maximum atomic E-state index is 9.56. The van der Waals surface area contributed by atoms with Crippen molar-refractivity contribution in [1.82, 2.24) is 0 Å². The van der Waals surface area contributed by atoms with Gasteiger partial charge in [0, 0.05) is 6.16 Å². The lowest BCUT2D eigenvalue weighted by molar-refractivity contribution is -0.109. The number of halogens is 1. The average molecular weight is 110 g/mol. The zero-order chi connectivity index (χ0) is 4.28. The molecule has 0 bridgehead atoms. The Bertz CT molecular complexity index is 44.9. The van der Waals surface area contributed by atoms with E-state index in [0.29, 0.717) is 6.16 Å². The van der Waals surface area contributed by atoms with Crippen LogP contribution in [0.25, 0.3) is 0 Å². The summed E-state index contributed by atoms with van der Waals surface area (Å²) in [7, 11) is 2.21. The van der Waals surface area contributed by atoms with Crippen molar-refractivity contribution in [2.45, 2.75) is 0 Å². The Morgan fingerprint density at radius 3 is 2.20 bits per heavy atom. The molecule has 0 saturated carbocycles. The standard InChI is InChI=1S/C2H4ClOP/c3-2(4)1-5/h1,5H2. The normalized spacial score (nSPS) is 7.60. The van der Waals surface area contributed by atoms with Crippen LogP contribution in [0.3, 0.4) is 0 Å². The summed E-state index contributed by atoms with van der Waals surface area (Å²) >= 11 is 4.80. The molecule has 0 aliphatic heterocycles. The maximum Gasteiger partial charge on any atom is 0.225 e. The van der Waals surface area contributed by atoms with Crippen LogP contribution in [0.5, 0.6) is 0 Å². The predicted molar refractivity (Wildman–Crippen MR) is 25.4 cm³/mol. The van der Waals surface area contributed by atoms with Gasteiger partial charge >= 0.3 is 0 Å². The van der Waals surface area contributed by atoms with E-state index in [1.54, 1.807) is 0 Å². The summed E-state index contributed by atoms with van der Waals surface area (Å²) in [6, 6.07) is 0. The second-order valence-electron chi connectivity index (χ2n) is 0.559. The van der Waals surface area contributed by atoms with Crippen molar-refractivity contribution < 1.29 is 4.79 Å². The molecule has 0 spiro atoms. The second kappa shape index (κ2) is 2.62. The van der Waals surface area contributed by atoms with Gasteiger partial charge in [0.25, 0.3) is 0 Å². The number of hydrogen-bond acceptors (Lipinski definition) is 1. The quantitative estimate of drug-likeness (QED) is 0.357. The number of rotatable bonds is 1. The van der Waals surface area contributed by atoms with Crippen LogP contribution in [0.2, 0.25) is 0 Å². The Morgan fingerprint density at radius 1 is 2.00 bits per heavy atom. The van der Waals surface area contributed by atoms with Crippen molar-refractivity contribution in [3.63, 3.8) is 0 Å². The van der Waals surface area contributed by atoms with Gasteiger partial charge in [0.2, 0.25) is 5.24 Å². The molecule has 0 aliphatic carbocycles.